The van der Waals surface area contributed by atoms with Crippen LogP contribution < -0.4 is 0 Å². The van der Waals surface area contributed by atoms with Crippen LogP contribution in [0.2, 0.25) is 0 Å². The summed E-state index contributed by atoms with van der Waals surface area (Å²) in [5.41, 5.74) is -0.764. The molecule has 0 aromatic heterocycles. The van der Waals surface area contributed by atoms with E-state index in [0.29, 0.717) is 13.0 Å². The van der Waals surface area contributed by atoms with Crippen LogP contribution in [0.3, 0.4) is 0 Å². The molecular weight excluding hydrogens is 370 g/mol. The van der Waals surface area contributed by atoms with Crippen LogP contribution in [0.5, 0.6) is 0 Å². The lowest BCUT2D eigenvalue weighted by molar-refractivity contribution is -0.387. The Balaban J connectivity index is 2.07. The molecule has 2 aliphatic rings. The van der Waals surface area contributed by atoms with Crippen molar-refractivity contribution in [2.75, 3.05) is 13.6 Å². The standard InChI is InChI=1S/C18H27N3O5S/c1-12(2)16-17-13(18(3,4)26-19(17)5)10-11-20(16)27(24,25)15-9-7-6-8-14(15)21(22)23/h6-9,12-13,16-17H,10-11H2,1-5H3. The zero-order valence-corrected chi connectivity index (χ0v) is 17.1. The number of rotatable bonds is 4. The van der Waals surface area contributed by atoms with Gasteiger partial charge in [0.1, 0.15) is 0 Å². The predicted octanol–water partition coefficient (Wildman–Crippen LogP) is 2.65. The molecule has 1 aromatic rings. The number of hydrogen-bond donors (Lipinski definition) is 0. The second-order valence-electron chi connectivity index (χ2n) is 8.20. The second kappa shape index (κ2) is 6.80. The van der Waals surface area contributed by atoms with E-state index in [0.717, 1.165) is 0 Å². The number of para-hydroxylation sites is 1. The summed E-state index contributed by atoms with van der Waals surface area (Å²) in [7, 11) is -2.19. The van der Waals surface area contributed by atoms with Gasteiger partial charge in [0.15, 0.2) is 4.90 Å². The van der Waals surface area contributed by atoms with Gasteiger partial charge in [-0.25, -0.2) is 8.42 Å². The van der Waals surface area contributed by atoms with E-state index in [2.05, 4.69) is 0 Å². The number of nitrogens with zero attached hydrogens (tertiary/aromatic N) is 3. The number of fused-ring (bicyclic) bond motifs is 1. The smallest absolute Gasteiger partial charge is 0.289 e. The Morgan fingerprint density at radius 2 is 1.93 bits per heavy atom. The molecule has 2 fully saturated rings. The van der Waals surface area contributed by atoms with Crippen LogP contribution in [0, 0.1) is 22.0 Å². The molecule has 0 radical (unpaired) electrons. The van der Waals surface area contributed by atoms with E-state index in [9.17, 15) is 18.5 Å². The number of piperidine rings is 1. The van der Waals surface area contributed by atoms with Gasteiger partial charge in [0, 0.05) is 31.6 Å². The van der Waals surface area contributed by atoms with Gasteiger partial charge in [0.25, 0.3) is 5.69 Å². The molecule has 27 heavy (non-hydrogen) atoms. The average Bonchev–Trinajstić information content (AvgIpc) is 2.83. The van der Waals surface area contributed by atoms with Gasteiger partial charge in [0.05, 0.1) is 16.6 Å². The van der Waals surface area contributed by atoms with Crippen molar-refractivity contribution >= 4 is 15.7 Å². The van der Waals surface area contributed by atoms with E-state index >= 15 is 0 Å². The number of hydrogen-bond acceptors (Lipinski definition) is 6. The molecule has 2 heterocycles. The number of sulfonamides is 1. The van der Waals surface area contributed by atoms with E-state index in [1.807, 2.05) is 34.7 Å². The highest BCUT2D eigenvalue weighted by molar-refractivity contribution is 7.89. The van der Waals surface area contributed by atoms with Gasteiger partial charge in [0.2, 0.25) is 10.0 Å². The second-order valence-corrected chi connectivity index (χ2v) is 10.1. The lowest BCUT2D eigenvalue weighted by atomic mass is 9.75. The third-order valence-corrected chi connectivity index (χ3v) is 7.72. The molecule has 0 spiro atoms. The molecule has 0 saturated carbocycles. The first-order valence-corrected chi connectivity index (χ1v) is 10.6. The molecule has 1 aromatic carbocycles. The minimum atomic E-state index is -4.02. The van der Waals surface area contributed by atoms with Gasteiger partial charge in [-0.15, -0.1) is 0 Å². The Bertz CT molecular complexity index is 839. The molecule has 8 nitrogen and oxygen atoms in total. The minimum Gasteiger partial charge on any atom is -0.293 e. The fourth-order valence-corrected chi connectivity index (χ4v) is 6.63. The van der Waals surface area contributed by atoms with Crippen molar-refractivity contribution in [3.63, 3.8) is 0 Å². The lowest BCUT2D eigenvalue weighted by Crippen LogP contribution is -2.60. The van der Waals surface area contributed by atoms with Crippen LogP contribution in [0.4, 0.5) is 5.69 Å². The summed E-state index contributed by atoms with van der Waals surface area (Å²) < 4.78 is 28.3. The zero-order chi connectivity index (χ0) is 20.1. The number of nitro benzene ring substituents is 1. The van der Waals surface area contributed by atoms with Gasteiger partial charge < -0.3 is 0 Å². The first-order chi connectivity index (χ1) is 12.5. The Labute approximate surface area is 160 Å². The van der Waals surface area contributed by atoms with Crippen molar-refractivity contribution in [1.29, 1.82) is 0 Å². The molecule has 3 rings (SSSR count). The van der Waals surface area contributed by atoms with Crippen LogP contribution in [-0.2, 0) is 14.9 Å². The Morgan fingerprint density at radius 1 is 1.30 bits per heavy atom. The topological polar surface area (TPSA) is 93.0 Å². The highest BCUT2D eigenvalue weighted by atomic mass is 32.2. The molecule has 9 heteroatoms. The summed E-state index contributed by atoms with van der Waals surface area (Å²) in [6.45, 7) is 8.33. The maximum Gasteiger partial charge on any atom is 0.289 e. The quantitative estimate of drug-likeness (QED) is 0.573. The first-order valence-electron chi connectivity index (χ1n) is 9.15. The third kappa shape index (κ3) is 3.26. The molecular formula is C18H27N3O5S. The van der Waals surface area contributed by atoms with E-state index in [4.69, 9.17) is 4.84 Å². The summed E-state index contributed by atoms with van der Waals surface area (Å²) >= 11 is 0. The first kappa shape index (κ1) is 20.2. The third-order valence-electron chi connectivity index (χ3n) is 5.78. The van der Waals surface area contributed by atoms with Gasteiger partial charge in [-0.3, -0.25) is 15.0 Å². The number of likely N-dealkylation sites (N-methyl/N-ethyl adjacent to an activating group) is 1. The van der Waals surface area contributed by atoms with Crippen LogP contribution in [0.25, 0.3) is 0 Å². The number of benzene rings is 1. The number of hydroxylamine groups is 2. The molecule has 0 aliphatic carbocycles. The molecule has 2 aliphatic heterocycles. The molecule has 150 valence electrons. The van der Waals surface area contributed by atoms with E-state index < -0.39 is 20.6 Å². The fourth-order valence-electron chi connectivity index (χ4n) is 4.68. The van der Waals surface area contributed by atoms with Gasteiger partial charge in [-0.05, 0) is 32.3 Å². The van der Waals surface area contributed by atoms with Crippen LogP contribution in [-0.4, -0.2) is 54.0 Å². The van der Waals surface area contributed by atoms with Crippen LogP contribution in [0.15, 0.2) is 29.2 Å². The van der Waals surface area contributed by atoms with Crippen LogP contribution in [0.1, 0.15) is 34.1 Å². The normalized spacial score (nSPS) is 29.0. The summed E-state index contributed by atoms with van der Waals surface area (Å²) in [6, 6.07) is 5.11. The molecule has 0 bridgehead atoms. The minimum absolute atomic E-state index is 0.0234. The molecule has 0 amide bonds. The maximum atomic E-state index is 13.4. The predicted molar refractivity (Wildman–Crippen MR) is 100 cm³/mol. The van der Waals surface area contributed by atoms with Crippen molar-refractivity contribution in [1.82, 2.24) is 9.37 Å². The summed E-state index contributed by atoms with van der Waals surface area (Å²) in [5.74, 6) is 0.211. The van der Waals surface area contributed by atoms with Crippen molar-refractivity contribution in [3.8, 4) is 0 Å². The van der Waals surface area contributed by atoms with Gasteiger partial charge in [-0.1, -0.05) is 26.0 Å². The highest BCUT2D eigenvalue weighted by Crippen LogP contribution is 2.46. The summed E-state index contributed by atoms with van der Waals surface area (Å²) in [4.78, 5) is 16.5. The van der Waals surface area contributed by atoms with Crippen molar-refractivity contribution < 1.29 is 18.2 Å². The maximum absolute atomic E-state index is 13.4. The van der Waals surface area contributed by atoms with E-state index in [1.54, 1.807) is 5.06 Å². The molecule has 0 N–H and O–H groups in total. The van der Waals surface area contributed by atoms with Crippen molar-refractivity contribution in [2.45, 2.75) is 56.7 Å². The molecule has 2 saturated heterocycles. The Kier molecular flexibility index (Phi) is 5.09. The highest BCUT2D eigenvalue weighted by Gasteiger charge is 2.56. The average molecular weight is 397 g/mol. The van der Waals surface area contributed by atoms with Crippen molar-refractivity contribution in [2.24, 2.45) is 11.8 Å². The molecule has 3 unspecified atom stereocenters. The number of nitro groups is 1. The Morgan fingerprint density at radius 3 is 2.52 bits per heavy atom. The largest absolute Gasteiger partial charge is 0.293 e. The molecule has 3 atom stereocenters. The fraction of sp³-hybridized carbons (Fsp3) is 0.667. The van der Waals surface area contributed by atoms with Crippen molar-refractivity contribution in [3.05, 3.63) is 34.4 Å². The summed E-state index contributed by atoms with van der Waals surface area (Å²) in [6.07, 6.45) is 0.644. The monoisotopic (exact) mass is 397 g/mol. The lowest BCUT2D eigenvalue weighted by Gasteiger charge is -2.45. The zero-order valence-electron chi connectivity index (χ0n) is 16.3. The Hall–Kier alpha value is -1.55. The van der Waals surface area contributed by atoms with E-state index in [1.165, 1.54) is 28.6 Å². The summed E-state index contributed by atoms with van der Waals surface area (Å²) in [5, 5.41) is 13.2. The van der Waals surface area contributed by atoms with Gasteiger partial charge >= 0.3 is 0 Å². The van der Waals surface area contributed by atoms with Gasteiger partial charge in [-0.2, -0.15) is 9.37 Å². The SMILES string of the molecule is CC(C)C1C2C(CCN1S(=O)(=O)c1ccccc1[N+](=O)[O-])C(C)(C)ON2C. The van der Waals surface area contributed by atoms with Crippen LogP contribution >= 0.6 is 0 Å². The van der Waals surface area contributed by atoms with E-state index in [-0.39, 0.29) is 34.4 Å².